The van der Waals surface area contributed by atoms with Crippen LogP contribution in [0.5, 0.6) is 0 Å². The van der Waals surface area contributed by atoms with Gasteiger partial charge in [-0.15, -0.1) is 6.42 Å². The predicted molar refractivity (Wildman–Crippen MR) is 76.6 cm³/mol. The molecule has 0 saturated carbocycles. The van der Waals surface area contributed by atoms with Crippen LogP contribution in [-0.2, 0) is 0 Å². The second kappa shape index (κ2) is 7.78. The van der Waals surface area contributed by atoms with E-state index in [-0.39, 0.29) is 0 Å². The molecule has 0 radical (unpaired) electrons. The lowest BCUT2D eigenvalue weighted by molar-refractivity contribution is 0.0931. The van der Waals surface area contributed by atoms with Gasteiger partial charge in [0.05, 0.1) is 6.54 Å². The molecule has 3 nitrogen and oxygen atoms in total. The van der Waals surface area contributed by atoms with Gasteiger partial charge < -0.3 is 15.1 Å². The first-order valence-corrected chi connectivity index (χ1v) is 7.51. The molecule has 0 unspecified atom stereocenters. The number of nitrogens with one attached hydrogen (secondary N) is 1. The van der Waals surface area contributed by atoms with Gasteiger partial charge in [0.2, 0.25) is 0 Å². The van der Waals surface area contributed by atoms with Crippen molar-refractivity contribution < 1.29 is 0 Å². The Hall–Kier alpha value is -0.560. The summed E-state index contributed by atoms with van der Waals surface area (Å²) in [6.45, 7) is 8.08. The minimum absolute atomic E-state index is 0.699. The van der Waals surface area contributed by atoms with Crippen LogP contribution in [0, 0.1) is 12.3 Å². The smallest absolute Gasteiger partial charge is 0.0574 e. The Balaban J connectivity index is 1.60. The lowest BCUT2D eigenvalue weighted by atomic mass is 10.00. The maximum absolute atomic E-state index is 5.22. The summed E-state index contributed by atoms with van der Waals surface area (Å²) >= 11 is 0. The molecule has 0 aromatic heterocycles. The van der Waals surface area contributed by atoms with Gasteiger partial charge >= 0.3 is 0 Å². The van der Waals surface area contributed by atoms with Crippen molar-refractivity contribution >= 4 is 0 Å². The molecule has 0 aromatic carbocycles. The summed E-state index contributed by atoms with van der Waals surface area (Å²) in [7, 11) is 0. The predicted octanol–water partition coefficient (Wildman–Crippen LogP) is 1.16. The third kappa shape index (κ3) is 4.28. The first-order valence-electron chi connectivity index (χ1n) is 7.51. The minimum Gasteiger partial charge on any atom is -0.305 e. The molecule has 2 aliphatic heterocycles. The average Bonchev–Trinajstić information content (AvgIpc) is 2.45. The fourth-order valence-electron chi connectivity index (χ4n) is 3.19. The Morgan fingerprint density at radius 2 is 1.78 bits per heavy atom. The quantitative estimate of drug-likeness (QED) is 0.583. The summed E-state index contributed by atoms with van der Waals surface area (Å²) in [6.07, 6.45) is 12.2. The summed E-state index contributed by atoms with van der Waals surface area (Å²) in [6, 6.07) is 0.861. The van der Waals surface area contributed by atoms with Crippen molar-refractivity contribution in [3.05, 3.63) is 0 Å². The highest BCUT2D eigenvalue weighted by molar-refractivity contribution is 4.87. The van der Waals surface area contributed by atoms with E-state index in [4.69, 9.17) is 6.42 Å². The molecule has 2 fully saturated rings. The van der Waals surface area contributed by atoms with Crippen LogP contribution >= 0.6 is 0 Å². The van der Waals surface area contributed by atoms with Crippen molar-refractivity contribution in [3.8, 4) is 12.3 Å². The third-order valence-electron chi connectivity index (χ3n) is 4.30. The minimum atomic E-state index is 0.699. The summed E-state index contributed by atoms with van der Waals surface area (Å²) in [5.41, 5.74) is 0. The zero-order chi connectivity index (χ0) is 12.6. The van der Waals surface area contributed by atoms with Crippen molar-refractivity contribution in [2.24, 2.45) is 0 Å². The van der Waals surface area contributed by atoms with E-state index in [0.717, 1.165) is 19.1 Å². The SMILES string of the molecule is C#CCNCCN1CCC(N2CCCCC2)CC1. The number of piperidine rings is 2. The van der Waals surface area contributed by atoms with Gasteiger partial charge in [0.25, 0.3) is 0 Å². The summed E-state index contributed by atoms with van der Waals surface area (Å²) in [4.78, 5) is 5.31. The summed E-state index contributed by atoms with van der Waals surface area (Å²) < 4.78 is 0. The lowest BCUT2D eigenvalue weighted by Crippen LogP contribution is -2.47. The molecule has 0 aromatic rings. The molecule has 0 amide bonds. The fraction of sp³-hybridized carbons (Fsp3) is 0.867. The zero-order valence-corrected chi connectivity index (χ0v) is 11.5. The first kappa shape index (κ1) is 13.9. The lowest BCUT2D eigenvalue weighted by Gasteiger charge is -2.40. The number of rotatable bonds is 5. The summed E-state index contributed by atoms with van der Waals surface area (Å²) in [5.74, 6) is 2.62. The Kier molecular flexibility index (Phi) is 5.99. The van der Waals surface area contributed by atoms with Crippen LogP contribution in [0.2, 0.25) is 0 Å². The Labute approximate surface area is 112 Å². The number of likely N-dealkylation sites (tertiary alicyclic amines) is 2. The monoisotopic (exact) mass is 249 g/mol. The van der Waals surface area contributed by atoms with Crippen LogP contribution in [0.15, 0.2) is 0 Å². The van der Waals surface area contributed by atoms with E-state index in [1.165, 1.54) is 58.3 Å². The van der Waals surface area contributed by atoms with Gasteiger partial charge in [-0.3, -0.25) is 0 Å². The maximum atomic E-state index is 5.22. The molecule has 2 saturated heterocycles. The van der Waals surface area contributed by atoms with Crippen LogP contribution in [0.1, 0.15) is 32.1 Å². The molecule has 0 atom stereocenters. The van der Waals surface area contributed by atoms with E-state index < -0.39 is 0 Å². The molecular formula is C15H27N3. The van der Waals surface area contributed by atoms with Gasteiger partial charge in [-0.05, 0) is 51.9 Å². The van der Waals surface area contributed by atoms with Gasteiger partial charge in [-0.1, -0.05) is 12.3 Å². The molecule has 3 heteroatoms. The van der Waals surface area contributed by atoms with Crippen LogP contribution < -0.4 is 5.32 Å². The van der Waals surface area contributed by atoms with Crippen molar-refractivity contribution in [3.63, 3.8) is 0 Å². The highest BCUT2D eigenvalue weighted by Gasteiger charge is 2.24. The molecule has 2 heterocycles. The topological polar surface area (TPSA) is 18.5 Å². The van der Waals surface area contributed by atoms with Crippen molar-refractivity contribution in [1.82, 2.24) is 15.1 Å². The van der Waals surface area contributed by atoms with E-state index in [1.807, 2.05) is 0 Å². The average molecular weight is 249 g/mol. The van der Waals surface area contributed by atoms with E-state index >= 15 is 0 Å². The largest absolute Gasteiger partial charge is 0.305 e. The molecule has 102 valence electrons. The second-order valence-corrected chi connectivity index (χ2v) is 5.55. The number of nitrogens with zero attached hydrogens (tertiary/aromatic N) is 2. The van der Waals surface area contributed by atoms with Crippen molar-refractivity contribution in [1.29, 1.82) is 0 Å². The van der Waals surface area contributed by atoms with Crippen molar-refractivity contribution in [2.45, 2.75) is 38.1 Å². The zero-order valence-electron chi connectivity index (χ0n) is 11.5. The van der Waals surface area contributed by atoms with Gasteiger partial charge in [0.15, 0.2) is 0 Å². The maximum Gasteiger partial charge on any atom is 0.0574 e. The Morgan fingerprint density at radius 1 is 1.06 bits per heavy atom. The summed E-state index contributed by atoms with van der Waals surface area (Å²) in [5, 5.41) is 3.27. The Bertz CT molecular complexity index is 257. The van der Waals surface area contributed by atoms with E-state index in [0.29, 0.717) is 6.54 Å². The Morgan fingerprint density at radius 3 is 2.44 bits per heavy atom. The molecule has 2 aliphatic rings. The normalized spacial score (nSPS) is 23.9. The van der Waals surface area contributed by atoms with E-state index in [9.17, 15) is 0 Å². The van der Waals surface area contributed by atoms with Gasteiger partial charge in [-0.25, -0.2) is 0 Å². The molecule has 2 rings (SSSR count). The third-order valence-corrected chi connectivity index (χ3v) is 4.30. The molecule has 1 N–H and O–H groups in total. The molecule has 0 spiro atoms. The van der Waals surface area contributed by atoms with Crippen LogP contribution in [0.4, 0.5) is 0 Å². The fourth-order valence-corrected chi connectivity index (χ4v) is 3.19. The van der Waals surface area contributed by atoms with Gasteiger partial charge in [0.1, 0.15) is 0 Å². The van der Waals surface area contributed by atoms with Crippen molar-refractivity contribution in [2.75, 3.05) is 45.8 Å². The first-order chi connectivity index (χ1) is 8.90. The highest BCUT2D eigenvalue weighted by atomic mass is 15.2. The molecule has 0 aliphatic carbocycles. The van der Waals surface area contributed by atoms with E-state index in [1.54, 1.807) is 0 Å². The molecule has 0 bridgehead atoms. The second-order valence-electron chi connectivity index (χ2n) is 5.55. The number of hydrogen-bond acceptors (Lipinski definition) is 3. The number of hydrogen-bond donors (Lipinski definition) is 1. The molecular weight excluding hydrogens is 222 g/mol. The number of terminal acetylenes is 1. The van der Waals surface area contributed by atoms with Gasteiger partial charge in [-0.2, -0.15) is 0 Å². The van der Waals surface area contributed by atoms with Gasteiger partial charge in [0, 0.05) is 19.1 Å². The van der Waals surface area contributed by atoms with Crippen LogP contribution in [-0.4, -0.2) is 61.7 Å². The molecule has 18 heavy (non-hydrogen) atoms. The van der Waals surface area contributed by atoms with E-state index in [2.05, 4.69) is 21.0 Å². The van der Waals surface area contributed by atoms with Crippen LogP contribution in [0.25, 0.3) is 0 Å². The highest BCUT2D eigenvalue weighted by Crippen LogP contribution is 2.20. The standard InChI is InChI=1S/C15H27N3/c1-2-8-16-9-14-17-12-6-15(7-13-17)18-10-4-3-5-11-18/h1,15-16H,3-14H2. The van der Waals surface area contributed by atoms with Crippen LogP contribution in [0.3, 0.4) is 0 Å².